The number of fused-ring (bicyclic) bond motifs is 1. The highest BCUT2D eigenvalue weighted by molar-refractivity contribution is 5.93. The van der Waals surface area contributed by atoms with Gasteiger partial charge in [0.15, 0.2) is 6.61 Å². The monoisotopic (exact) mass is 374 g/mol. The fourth-order valence-electron chi connectivity index (χ4n) is 3.18. The van der Waals surface area contributed by atoms with Gasteiger partial charge in [0.1, 0.15) is 11.3 Å². The highest BCUT2D eigenvalue weighted by atomic mass is 16.5. The molecule has 0 unspecified atom stereocenters. The van der Waals surface area contributed by atoms with Crippen LogP contribution in [0.2, 0.25) is 0 Å². The van der Waals surface area contributed by atoms with E-state index in [-0.39, 0.29) is 12.5 Å². The molecule has 0 saturated heterocycles. The van der Waals surface area contributed by atoms with Crippen molar-refractivity contribution >= 4 is 16.9 Å². The molecule has 0 aliphatic rings. The molecular weight excluding hydrogens is 356 g/mol. The Morgan fingerprint density at radius 2 is 1.86 bits per heavy atom. The minimum absolute atomic E-state index is 0.171. The highest BCUT2D eigenvalue weighted by Crippen LogP contribution is 2.29. The Kier molecular flexibility index (Phi) is 4.53. The third-order valence-corrected chi connectivity index (χ3v) is 4.41. The van der Waals surface area contributed by atoms with Crippen molar-refractivity contribution in [2.75, 3.05) is 6.61 Å². The summed E-state index contributed by atoms with van der Waals surface area (Å²) in [6.07, 6.45) is 0. The Morgan fingerprint density at radius 3 is 2.57 bits per heavy atom. The first-order valence-electron chi connectivity index (χ1n) is 8.84. The molecule has 0 saturated carbocycles. The molecule has 0 N–H and O–H groups in total. The molecule has 0 aliphatic carbocycles. The highest BCUT2D eigenvalue weighted by Gasteiger charge is 2.13. The molecule has 28 heavy (non-hydrogen) atoms. The van der Waals surface area contributed by atoms with Crippen LogP contribution in [0.5, 0.6) is 5.75 Å². The van der Waals surface area contributed by atoms with E-state index in [1.165, 1.54) is 10.7 Å². The molecule has 6 heteroatoms. The largest absolute Gasteiger partial charge is 0.484 e. The van der Waals surface area contributed by atoms with Gasteiger partial charge in [-0.1, -0.05) is 30.3 Å². The van der Waals surface area contributed by atoms with Crippen LogP contribution >= 0.6 is 0 Å². The first-order chi connectivity index (χ1) is 13.5. The first kappa shape index (κ1) is 17.7. The van der Waals surface area contributed by atoms with Crippen molar-refractivity contribution in [3.8, 4) is 16.9 Å². The van der Waals surface area contributed by atoms with E-state index in [1.54, 1.807) is 12.1 Å². The Hall–Kier alpha value is -3.67. The van der Waals surface area contributed by atoms with Crippen molar-refractivity contribution < 1.29 is 13.9 Å². The second-order valence-electron chi connectivity index (χ2n) is 6.52. The predicted octanol–water partition coefficient (Wildman–Crippen LogP) is 3.99. The van der Waals surface area contributed by atoms with Gasteiger partial charge in [-0.25, -0.2) is 9.48 Å². The van der Waals surface area contributed by atoms with E-state index in [9.17, 15) is 9.59 Å². The van der Waals surface area contributed by atoms with Crippen molar-refractivity contribution in [1.29, 1.82) is 0 Å². The zero-order valence-corrected chi connectivity index (χ0v) is 15.5. The van der Waals surface area contributed by atoms with Gasteiger partial charge in [-0.15, -0.1) is 0 Å². The Labute approximate surface area is 161 Å². The van der Waals surface area contributed by atoms with E-state index in [1.807, 2.05) is 56.3 Å². The van der Waals surface area contributed by atoms with Crippen molar-refractivity contribution in [3.63, 3.8) is 0 Å². The van der Waals surface area contributed by atoms with E-state index < -0.39 is 5.63 Å². The first-order valence-corrected chi connectivity index (χ1v) is 8.84. The van der Waals surface area contributed by atoms with Gasteiger partial charge >= 0.3 is 5.63 Å². The van der Waals surface area contributed by atoms with Crippen LogP contribution < -0.4 is 10.4 Å². The lowest BCUT2D eigenvalue weighted by Gasteiger charge is -2.09. The van der Waals surface area contributed by atoms with E-state index in [0.717, 1.165) is 27.9 Å². The summed E-state index contributed by atoms with van der Waals surface area (Å²) in [7, 11) is 0. The second kappa shape index (κ2) is 7.15. The molecule has 140 valence electrons. The van der Waals surface area contributed by atoms with Gasteiger partial charge in [0.05, 0.1) is 5.69 Å². The predicted molar refractivity (Wildman–Crippen MR) is 106 cm³/mol. The lowest BCUT2D eigenvalue weighted by Crippen LogP contribution is -2.21. The van der Waals surface area contributed by atoms with Crippen LogP contribution in [0.1, 0.15) is 16.2 Å². The lowest BCUT2D eigenvalue weighted by molar-refractivity contribution is 0.0818. The number of hydrogen-bond donors (Lipinski definition) is 0. The Morgan fingerprint density at radius 1 is 1.07 bits per heavy atom. The zero-order valence-electron chi connectivity index (χ0n) is 15.5. The summed E-state index contributed by atoms with van der Waals surface area (Å²) >= 11 is 0. The maximum absolute atomic E-state index is 12.3. The standard InChI is InChI=1S/C22H18N2O4/c1-14-10-15(2)24(23-14)21(25)13-27-17-8-9-18-19(16-6-4-3-5-7-16)12-22(26)28-20(18)11-17/h3-12H,13H2,1-2H3. The topological polar surface area (TPSA) is 74.3 Å². The Balaban J connectivity index is 1.62. The number of hydrogen-bond acceptors (Lipinski definition) is 5. The number of benzene rings is 2. The molecule has 0 aliphatic heterocycles. The third kappa shape index (κ3) is 3.44. The number of carbonyl (C=O) groups excluding carboxylic acids is 1. The van der Waals surface area contributed by atoms with Gasteiger partial charge in [0, 0.05) is 23.2 Å². The van der Waals surface area contributed by atoms with Crippen LogP contribution in [-0.2, 0) is 0 Å². The summed E-state index contributed by atoms with van der Waals surface area (Å²) in [5, 5.41) is 4.95. The SMILES string of the molecule is Cc1cc(C)n(C(=O)COc2ccc3c(-c4ccccc4)cc(=O)oc3c2)n1. The van der Waals surface area contributed by atoms with E-state index in [2.05, 4.69) is 5.10 Å². The average molecular weight is 374 g/mol. The fraction of sp³-hybridized carbons (Fsp3) is 0.136. The molecular formula is C22H18N2O4. The summed E-state index contributed by atoms with van der Waals surface area (Å²) in [6, 6.07) is 18.1. The van der Waals surface area contributed by atoms with Crippen LogP contribution in [-0.4, -0.2) is 22.3 Å². The summed E-state index contributed by atoms with van der Waals surface area (Å²) in [5.74, 6) is 0.168. The van der Waals surface area contributed by atoms with Gasteiger partial charge in [0.25, 0.3) is 5.91 Å². The van der Waals surface area contributed by atoms with Crippen LogP contribution in [0.4, 0.5) is 0 Å². The van der Waals surface area contributed by atoms with Gasteiger partial charge < -0.3 is 9.15 Å². The quantitative estimate of drug-likeness (QED) is 0.505. The summed E-state index contributed by atoms with van der Waals surface area (Å²) in [5.41, 5.74) is 3.20. The minimum atomic E-state index is -0.442. The maximum Gasteiger partial charge on any atom is 0.336 e. The average Bonchev–Trinajstić information content (AvgIpc) is 3.04. The van der Waals surface area contributed by atoms with Gasteiger partial charge in [0.2, 0.25) is 0 Å². The third-order valence-electron chi connectivity index (χ3n) is 4.41. The summed E-state index contributed by atoms with van der Waals surface area (Å²) in [6.45, 7) is 3.47. The normalized spacial score (nSPS) is 10.9. The van der Waals surface area contributed by atoms with Gasteiger partial charge in [-0.3, -0.25) is 4.79 Å². The molecule has 0 amide bonds. The maximum atomic E-state index is 12.3. The molecule has 4 rings (SSSR count). The van der Waals surface area contributed by atoms with Crippen LogP contribution in [0.3, 0.4) is 0 Å². The number of nitrogens with zero attached hydrogens (tertiary/aromatic N) is 2. The van der Waals surface area contributed by atoms with Crippen molar-refractivity contribution in [3.05, 3.63) is 82.5 Å². The number of aromatic nitrogens is 2. The Bertz CT molecular complexity index is 1220. The molecule has 2 heterocycles. The molecule has 0 spiro atoms. The summed E-state index contributed by atoms with van der Waals surface area (Å²) in [4.78, 5) is 24.3. The van der Waals surface area contributed by atoms with Crippen LogP contribution in [0.25, 0.3) is 22.1 Å². The summed E-state index contributed by atoms with van der Waals surface area (Å²) < 4.78 is 12.3. The minimum Gasteiger partial charge on any atom is -0.484 e. The molecule has 0 bridgehead atoms. The molecule has 0 fully saturated rings. The number of carbonyl (C=O) groups is 1. The number of aryl methyl sites for hydroxylation is 2. The number of rotatable bonds is 4. The molecule has 0 atom stereocenters. The molecule has 6 nitrogen and oxygen atoms in total. The number of ether oxygens (including phenoxy) is 1. The van der Waals surface area contributed by atoms with Gasteiger partial charge in [-0.05, 0) is 43.2 Å². The van der Waals surface area contributed by atoms with Gasteiger partial charge in [-0.2, -0.15) is 5.10 Å². The van der Waals surface area contributed by atoms with E-state index in [0.29, 0.717) is 11.3 Å². The zero-order chi connectivity index (χ0) is 19.7. The fourth-order valence-corrected chi connectivity index (χ4v) is 3.18. The van der Waals surface area contributed by atoms with E-state index in [4.69, 9.17) is 9.15 Å². The molecule has 0 radical (unpaired) electrons. The molecule has 2 aromatic heterocycles. The van der Waals surface area contributed by atoms with Crippen molar-refractivity contribution in [2.45, 2.75) is 13.8 Å². The smallest absolute Gasteiger partial charge is 0.336 e. The van der Waals surface area contributed by atoms with Crippen molar-refractivity contribution in [1.82, 2.24) is 9.78 Å². The molecule has 2 aromatic carbocycles. The lowest BCUT2D eigenvalue weighted by atomic mass is 10.0. The second-order valence-corrected chi connectivity index (χ2v) is 6.52. The van der Waals surface area contributed by atoms with E-state index >= 15 is 0 Å². The molecule has 4 aromatic rings. The van der Waals surface area contributed by atoms with Crippen molar-refractivity contribution in [2.24, 2.45) is 0 Å². The van der Waals surface area contributed by atoms with Crippen LogP contribution in [0, 0.1) is 13.8 Å². The van der Waals surface area contributed by atoms with Crippen LogP contribution in [0.15, 0.2) is 69.9 Å².